The number of carbonyl (C=O) groups is 1. The molecular formula is C15H20ClNO2. The molecule has 1 fully saturated rings. The van der Waals surface area contributed by atoms with E-state index in [1.807, 2.05) is 0 Å². The standard InChI is InChI=1S/C15H20ClNO2/c16-12-7-4-8-13(14(12)15(18)19)17-10-9-11-5-2-1-3-6-11/h4,7-8,11,17H,1-3,5-6,9-10H2,(H,18,19). The molecule has 4 heteroatoms. The Labute approximate surface area is 119 Å². The van der Waals surface area contributed by atoms with E-state index in [2.05, 4.69) is 5.32 Å². The van der Waals surface area contributed by atoms with Crippen LogP contribution >= 0.6 is 11.6 Å². The number of rotatable bonds is 5. The first-order valence-corrected chi connectivity index (χ1v) is 7.32. The third-order valence-corrected chi connectivity index (χ3v) is 4.14. The SMILES string of the molecule is O=C(O)c1c(Cl)cccc1NCCC1CCCCC1. The average molecular weight is 282 g/mol. The maximum atomic E-state index is 11.2. The summed E-state index contributed by atoms with van der Waals surface area (Å²) in [5, 5.41) is 12.7. The van der Waals surface area contributed by atoms with Gasteiger partial charge in [-0.15, -0.1) is 0 Å². The molecule has 1 aliphatic rings. The third kappa shape index (κ3) is 3.87. The van der Waals surface area contributed by atoms with E-state index in [4.69, 9.17) is 11.6 Å². The van der Waals surface area contributed by atoms with Crippen LogP contribution in [0.4, 0.5) is 5.69 Å². The number of hydrogen-bond acceptors (Lipinski definition) is 2. The van der Waals surface area contributed by atoms with Gasteiger partial charge in [0.15, 0.2) is 0 Å². The van der Waals surface area contributed by atoms with Gasteiger partial charge in [-0.25, -0.2) is 4.79 Å². The molecule has 0 unspecified atom stereocenters. The van der Waals surface area contributed by atoms with Gasteiger partial charge in [-0.05, 0) is 24.5 Å². The number of aromatic carboxylic acids is 1. The highest BCUT2D eigenvalue weighted by Gasteiger charge is 2.15. The minimum atomic E-state index is -0.981. The number of halogens is 1. The highest BCUT2D eigenvalue weighted by molar-refractivity contribution is 6.34. The van der Waals surface area contributed by atoms with Crippen molar-refractivity contribution in [2.24, 2.45) is 5.92 Å². The fraction of sp³-hybridized carbons (Fsp3) is 0.533. The molecule has 0 heterocycles. The second kappa shape index (κ2) is 6.80. The van der Waals surface area contributed by atoms with E-state index in [1.54, 1.807) is 18.2 Å². The summed E-state index contributed by atoms with van der Waals surface area (Å²) in [6.45, 7) is 0.811. The second-order valence-electron chi connectivity index (χ2n) is 5.19. The molecule has 0 radical (unpaired) electrons. The van der Waals surface area contributed by atoms with E-state index in [1.165, 1.54) is 32.1 Å². The molecule has 0 spiro atoms. The van der Waals surface area contributed by atoms with Crippen LogP contribution in [0.2, 0.25) is 5.02 Å². The Morgan fingerprint density at radius 2 is 2.05 bits per heavy atom. The Morgan fingerprint density at radius 3 is 2.74 bits per heavy atom. The predicted octanol–water partition coefficient (Wildman–Crippen LogP) is 4.42. The van der Waals surface area contributed by atoms with Crippen LogP contribution in [0.15, 0.2) is 18.2 Å². The molecular weight excluding hydrogens is 262 g/mol. The van der Waals surface area contributed by atoms with Crippen LogP contribution in [-0.4, -0.2) is 17.6 Å². The molecule has 19 heavy (non-hydrogen) atoms. The van der Waals surface area contributed by atoms with Crippen molar-refractivity contribution in [2.75, 3.05) is 11.9 Å². The second-order valence-corrected chi connectivity index (χ2v) is 5.59. The number of benzene rings is 1. The summed E-state index contributed by atoms with van der Waals surface area (Å²) in [4.78, 5) is 11.2. The van der Waals surface area contributed by atoms with Crippen molar-refractivity contribution in [1.29, 1.82) is 0 Å². The van der Waals surface area contributed by atoms with E-state index >= 15 is 0 Å². The van der Waals surface area contributed by atoms with E-state index in [0.717, 1.165) is 18.9 Å². The minimum Gasteiger partial charge on any atom is -0.478 e. The molecule has 104 valence electrons. The summed E-state index contributed by atoms with van der Waals surface area (Å²) in [7, 11) is 0. The van der Waals surface area contributed by atoms with Gasteiger partial charge in [-0.3, -0.25) is 0 Å². The fourth-order valence-electron chi connectivity index (χ4n) is 2.78. The highest BCUT2D eigenvalue weighted by atomic mass is 35.5. The fourth-order valence-corrected chi connectivity index (χ4v) is 3.03. The van der Waals surface area contributed by atoms with Crippen LogP contribution in [-0.2, 0) is 0 Å². The lowest BCUT2D eigenvalue weighted by Gasteiger charge is -2.22. The molecule has 0 saturated heterocycles. The summed E-state index contributed by atoms with van der Waals surface area (Å²) in [6.07, 6.45) is 7.75. The van der Waals surface area contributed by atoms with Gasteiger partial charge in [-0.2, -0.15) is 0 Å². The smallest absolute Gasteiger partial charge is 0.339 e. The number of nitrogens with one attached hydrogen (secondary N) is 1. The molecule has 0 amide bonds. The zero-order chi connectivity index (χ0) is 13.7. The number of anilines is 1. The van der Waals surface area contributed by atoms with Crippen molar-refractivity contribution < 1.29 is 9.90 Å². The van der Waals surface area contributed by atoms with Crippen molar-refractivity contribution >= 4 is 23.3 Å². The van der Waals surface area contributed by atoms with Crippen molar-refractivity contribution in [3.8, 4) is 0 Å². The molecule has 1 aliphatic carbocycles. The van der Waals surface area contributed by atoms with Crippen LogP contribution in [0, 0.1) is 5.92 Å². The largest absolute Gasteiger partial charge is 0.478 e. The lowest BCUT2D eigenvalue weighted by molar-refractivity contribution is 0.0698. The summed E-state index contributed by atoms with van der Waals surface area (Å²) in [5.74, 6) is -0.195. The van der Waals surface area contributed by atoms with E-state index in [9.17, 15) is 9.90 Å². The Balaban J connectivity index is 1.92. The molecule has 1 saturated carbocycles. The molecule has 2 rings (SSSR count). The summed E-state index contributed by atoms with van der Waals surface area (Å²) in [6, 6.07) is 5.16. The van der Waals surface area contributed by atoms with Gasteiger partial charge in [-0.1, -0.05) is 49.8 Å². The molecule has 0 atom stereocenters. The highest BCUT2D eigenvalue weighted by Crippen LogP contribution is 2.27. The Kier molecular flexibility index (Phi) is 5.08. The monoisotopic (exact) mass is 281 g/mol. The van der Waals surface area contributed by atoms with Gasteiger partial charge in [0.1, 0.15) is 5.56 Å². The summed E-state index contributed by atoms with van der Waals surface area (Å²) < 4.78 is 0. The topological polar surface area (TPSA) is 49.3 Å². The van der Waals surface area contributed by atoms with Crippen molar-refractivity contribution in [1.82, 2.24) is 0 Å². The quantitative estimate of drug-likeness (QED) is 0.840. The van der Waals surface area contributed by atoms with E-state index in [-0.39, 0.29) is 10.6 Å². The Bertz CT molecular complexity index is 442. The lowest BCUT2D eigenvalue weighted by atomic mass is 9.87. The molecule has 0 aliphatic heterocycles. The zero-order valence-corrected chi connectivity index (χ0v) is 11.7. The summed E-state index contributed by atoms with van der Waals surface area (Å²) >= 11 is 5.93. The molecule has 0 bridgehead atoms. The van der Waals surface area contributed by atoms with Gasteiger partial charge >= 0.3 is 5.97 Å². The molecule has 0 aromatic heterocycles. The first kappa shape index (κ1) is 14.2. The van der Waals surface area contributed by atoms with E-state index < -0.39 is 5.97 Å². The normalized spacial score (nSPS) is 16.3. The van der Waals surface area contributed by atoms with Crippen LogP contribution in [0.25, 0.3) is 0 Å². The van der Waals surface area contributed by atoms with Crippen LogP contribution < -0.4 is 5.32 Å². The summed E-state index contributed by atoms with van der Waals surface area (Å²) in [5.41, 5.74) is 0.795. The minimum absolute atomic E-state index is 0.174. The van der Waals surface area contributed by atoms with Gasteiger partial charge in [0, 0.05) is 6.54 Å². The third-order valence-electron chi connectivity index (χ3n) is 3.82. The molecule has 1 aromatic rings. The van der Waals surface area contributed by atoms with Crippen LogP contribution in [0.3, 0.4) is 0 Å². The van der Waals surface area contributed by atoms with Crippen molar-refractivity contribution in [2.45, 2.75) is 38.5 Å². The van der Waals surface area contributed by atoms with Gasteiger partial charge < -0.3 is 10.4 Å². The number of hydrogen-bond donors (Lipinski definition) is 2. The zero-order valence-electron chi connectivity index (χ0n) is 11.0. The van der Waals surface area contributed by atoms with Gasteiger partial charge in [0.2, 0.25) is 0 Å². The molecule has 3 nitrogen and oxygen atoms in total. The Morgan fingerprint density at radius 1 is 1.32 bits per heavy atom. The van der Waals surface area contributed by atoms with Gasteiger partial charge in [0.25, 0.3) is 0 Å². The van der Waals surface area contributed by atoms with Gasteiger partial charge in [0.05, 0.1) is 10.7 Å². The maximum absolute atomic E-state index is 11.2. The van der Waals surface area contributed by atoms with Crippen LogP contribution in [0.1, 0.15) is 48.9 Å². The predicted molar refractivity (Wildman–Crippen MR) is 78.1 cm³/mol. The number of carboxylic acids is 1. The average Bonchev–Trinajstić information content (AvgIpc) is 2.39. The van der Waals surface area contributed by atoms with Crippen LogP contribution in [0.5, 0.6) is 0 Å². The van der Waals surface area contributed by atoms with Crippen molar-refractivity contribution in [3.05, 3.63) is 28.8 Å². The Hall–Kier alpha value is -1.22. The van der Waals surface area contributed by atoms with E-state index in [0.29, 0.717) is 5.69 Å². The number of carboxylic acid groups (broad SMARTS) is 1. The molecule has 1 aromatic carbocycles. The first-order valence-electron chi connectivity index (χ1n) is 6.94. The lowest BCUT2D eigenvalue weighted by Crippen LogP contribution is -2.14. The maximum Gasteiger partial charge on any atom is 0.339 e. The van der Waals surface area contributed by atoms with Crippen molar-refractivity contribution in [3.63, 3.8) is 0 Å². The molecule has 2 N–H and O–H groups in total. The first-order chi connectivity index (χ1) is 9.18.